The highest BCUT2D eigenvalue weighted by Crippen LogP contribution is 2.32. The molecule has 0 amide bonds. The molecule has 0 bridgehead atoms. The van der Waals surface area contributed by atoms with E-state index in [9.17, 15) is 9.59 Å². The first-order valence-electron chi connectivity index (χ1n) is 7.62. The van der Waals surface area contributed by atoms with E-state index in [2.05, 4.69) is 0 Å². The van der Waals surface area contributed by atoms with Crippen LogP contribution in [0.25, 0.3) is 0 Å². The van der Waals surface area contributed by atoms with E-state index in [4.69, 9.17) is 4.74 Å². The summed E-state index contributed by atoms with van der Waals surface area (Å²) in [5, 5.41) is 0. The third-order valence-corrected chi connectivity index (χ3v) is 3.82. The molecule has 23 heavy (non-hydrogen) atoms. The minimum atomic E-state index is -0.724. The molecule has 2 aromatic carbocycles. The Labute approximate surface area is 137 Å². The van der Waals surface area contributed by atoms with Gasteiger partial charge < -0.3 is 4.74 Å². The van der Waals surface area contributed by atoms with E-state index in [0.717, 1.165) is 0 Å². The normalized spacial score (nSPS) is 12.5. The number of hydrogen-bond donors (Lipinski definition) is 0. The van der Waals surface area contributed by atoms with E-state index >= 15 is 0 Å². The van der Waals surface area contributed by atoms with Gasteiger partial charge in [0.1, 0.15) is 5.75 Å². The summed E-state index contributed by atoms with van der Waals surface area (Å²) in [6.45, 7) is 5.75. The molecule has 0 saturated carbocycles. The largest absolute Gasteiger partial charge is 0.497 e. The zero-order valence-electron chi connectivity index (χ0n) is 14.0. The van der Waals surface area contributed by atoms with Crippen LogP contribution in [0.4, 0.5) is 0 Å². The van der Waals surface area contributed by atoms with Crippen molar-refractivity contribution in [1.82, 2.24) is 0 Å². The van der Waals surface area contributed by atoms with Crippen LogP contribution < -0.4 is 4.74 Å². The zero-order valence-corrected chi connectivity index (χ0v) is 14.0. The molecule has 2 rings (SSSR count). The van der Waals surface area contributed by atoms with Crippen molar-refractivity contribution in [3.05, 3.63) is 65.7 Å². The number of ether oxygens (including phenoxy) is 1. The van der Waals surface area contributed by atoms with Crippen molar-refractivity contribution in [2.24, 2.45) is 11.3 Å². The second-order valence-electron chi connectivity index (χ2n) is 6.62. The summed E-state index contributed by atoms with van der Waals surface area (Å²) in [7, 11) is 1.58. The highest BCUT2D eigenvalue weighted by molar-refractivity contribution is 6.16. The number of hydrogen-bond acceptors (Lipinski definition) is 3. The van der Waals surface area contributed by atoms with Crippen LogP contribution in [0, 0.1) is 11.3 Å². The average Bonchev–Trinajstić information content (AvgIpc) is 2.54. The van der Waals surface area contributed by atoms with Gasteiger partial charge in [0.15, 0.2) is 11.6 Å². The fourth-order valence-corrected chi connectivity index (χ4v) is 2.60. The molecule has 2 aromatic rings. The topological polar surface area (TPSA) is 43.4 Å². The molecular weight excluding hydrogens is 288 g/mol. The Hall–Kier alpha value is -2.42. The molecule has 0 fully saturated rings. The first-order chi connectivity index (χ1) is 10.8. The van der Waals surface area contributed by atoms with Crippen molar-refractivity contribution in [3.8, 4) is 5.75 Å². The molecule has 0 aliphatic heterocycles. The van der Waals surface area contributed by atoms with Gasteiger partial charge in [-0.15, -0.1) is 0 Å². The Kier molecular flexibility index (Phi) is 4.99. The van der Waals surface area contributed by atoms with Gasteiger partial charge in [0.2, 0.25) is 0 Å². The van der Waals surface area contributed by atoms with Crippen LogP contribution >= 0.6 is 0 Å². The maximum absolute atomic E-state index is 12.9. The molecule has 3 heteroatoms. The number of rotatable bonds is 5. The maximum Gasteiger partial charge on any atom is 0.174 e. The highest BCUT2D eigenvalue weighted by Gasteiger charge is 2.38. The Morgan fingerprint density at radius 3 is 1.74 bits per heavy atom. The molecule has 1 unspecified atom stereocenters. The molecule has 0 radical (unpaired) electrons. The van der Waals surface area contributed by atoms with Crippen LogP contribution in [-0.4, -0.2) is 18.7 Å². The first-order valence-corrected chi connectivity index (χ1v) is 7.62. The smallest absolute Gasteiger partial charge is 0.174 e. The monoisotopic (exact) mass is 310 g/mol. The van der Waals surface area contributed by atoms with Gasteiger partial charge in [-0.25, -0.2) is 0 Å². The quantitative estimate of drug-likeness (QED) is 0.606. The minimum absolute atomic E-state index is 0.140. The van der Waals surface area contributed by atoms with Crippen LogP contribution in [0.5, 0.6) is 5.75 Å². The lowest BCUT2D eigenvalue weighted by Crippen LogP contribution is -2.35. The number of carbonyl (C=O) groups excluding carboxylic acids is 2. The van der Waals surface area contributed by atoms with Crippen molar-refractivity contribution in [2.75, 3.05) is 7.11 Å². The van der Waals surface area contributed by atoms with E-state index in [1.807, 2.05) is 39.0 Å². The molecule has 0 aromatic heterocycles. The Balaban J connectivity index is 2.38. The van der Waals surface area contributed by atoms with Crippen LogP contribution in [0.2, 0.25) is 0 Å². The second-order valence-corrected chi connectivity index (χ2v) is 6.62. The average molecular weight is 310 g/mol. The van der Waals surface area contributed by atoms with E-state index in [-0.39, 0.29) is 11.6 Å². The number of methoxy groups -OCH3 is 1. The van der Waals surface area contributed by atoms with Gasteiger partial charge in [0, 0.05) is 11.1 Å². The van der Waals surface area contributed by atoms with Gasteiger partial charge in [-0.3, -0.25) is 9.59 Å². The van der Waals surface area contributed by atoms with Crippen molar-refractivity contribution in [2.45, 2.75) is 20.8 Å². The number of ketones is 2. The summed E-state index contributed by atoms with van der Waals surface area (Å²) in [6.07, 6.45) is 0. The fourth-order valence-electron chi connectivity index (χ4n) is 2.60. The summed E-state index contributed by atoms with van der Waals surface area (Å²) in [4.78, 5) is 25.8. The van der Waals surface area contributed by atoms with Gasteiger partial charge in [-0.1, -0.05) is 51.1 Å². The molecule has 120 valence electrons. The van der Waals surface area contributed by atoms with Gasteiger partial charge in [0.05, 0.1) is 13.0 Å². The molecule has 0 aliphatic carbocycles. The maximum atomic E-state index is 12.9. The summed E-state index contributed by atoms with van der Waals surface area (Å²) in [5.74, 6) is -0.338. The summed E-state index contributed by atoms with van der Waals surface area (Å²) >= 11 is 0. The standard InChI is InChI=1S/C20H22O3/c1-20(2,3)17(18(21)14-8-6-5-7-9-14)19(22)15-10-12-16(23-4)13-11-15/h5-13,17H,1-4H3. The molecule has 0 N–H and O–H groups in total. The molecular formula is C20H22O3. The fraction of sp³-hybridized carbons (Fsp3) is 0.300. The Morgan fingerprint density at radius 2 is 1.30 bits per heavy atom. The summed E-state index contributed by atoms with van der Waals surface area (Å²) in [6, 6.07) is 15.9. The van der Waals surface area contributed by atoms with Crippen molar-refractivity contribution in [3.63, 3.8) is 0 Å². The number of benzene rings is 2. The van der Waals surface area contributed by atoms with E-state index in [0.29, 0.717) is 16.9 Å². The predicted molar refractivity (Wildman–Crippen MR) is 91.0 cm³/mol. The summed E-state index contributed by atoms with van der Waals surface area (Å²) < 4.78 is 5.12. The summed E-state index contributed by atoms with van der Waals surface area (Å²) in [5.41, 5.74) is 0.619. The molecule has 1 atom stereocenters. The first kappa shape index (κ1) is 16.9. The van der Waals surface area contributed by atoms with Crippen LogP contribution in [0.15, 0.2) is 54.6 Å². The van der Waals surface area contributed by atoms with Gasteiger partial charge >= 0.3 is 0 Å². The van der Waals surface area contributed by atoms with E-state index in [1.54, 1.807) is 43.5 Å². The lowest BCUT2D eigenvalue weighted by molar-refractivity contribution is 0.0694. The Bertz CT molecular complexity index is 679. The van der Waals surface area contributed by atoms with Gasteiger partial charge in [-0.05, 0) is 29.7 Å². The molecule has 0 saturated heterocycles. The van der Waals surface area contributed by atoms with Crippen LogP contribution in [0.3, 0.4) is 0 Å². The predicted octanol–water partition coefficient (Wildman–Crippen LogP) is 4.42. The van der Waals surface area contributed by atoms with Crippen molar-refractivity contribution in [1.29, 1.82) is 0 Å². The zero-order chi connectivity index (χ0) is 17.0. The number of carbonyl (C=O) groups is 2. The lowest BCUT2D eigenvalue weighted by atomic mass is 9.72. The minimum Gasteiger partial charge on any atom is -0.497 e. The van der Waals surface area contributed by atoms with Crippen LogP contribution in [0.1, 0.15) is 41.5 Å². The Morgan fingerprint density at radius 1 is 0.826 bits per heavy atom. The lowest BCUT2D eigenvalue weighted by Gasteiger charge is -2.28. The van der Waals surface area contributed by atoms with Gasteiger partial charge in [-0.2, -0.15) is 0 Å². The van der Waals surface area contributed by atoms with Crippen LogP contribution in [-0.2, 0) is 0 Å². The van der Waals surface area contributed by atoms with Crippen molar-refractivity contribution >= 4 is 11.6 Å². The molecule has 0 spiro atoms. The molecule has 0 aliphatic rings. The van der Waals surface area contributed by atoms with Crippen molar-refractivity contribution < 1.29 is 14.3 Å². The highest BCUT2D eigenvalue weighted by atomic mass is 16.5. The van der Waals surface area contributed by atoms with E-state index in [1.165, 1.54) is 0 Å². The SMILES string of the molecule is COc1ccc(C(=O)C(C(=O)c2ccccc2)C(C)(C)C)cc1. The third-order valence-electron chi connectivity index (χ3n) is 3.82. The number of Topliss-reactive ketones (excluding diaryl/α,β-unsaturated/α-hetero) is 2. The van der Waals surface area contributed by atoms with E-state index < -0.39 is 11.3 Å². The molecule has 0 heterocycles. The van der Waals surface area contributed by atoms with Gasteiger partial charge in [0.25, 0.3) is 0 Å². The molecule has 3 nitrogen and oxygen atoms in total. The second kappa shape index (κ2) is 6.78. The third kappa shape index (κ3) is 3.86.